The molecular weight excluding hydrogens is 186 g/mol. The number of carbonyl (C=O) groups is 1. The summed E-state index contributed by atoms with van der Waals surface area (Å²) in [4.78, 5) is 11.4. The quantitative estimate of drug-likeness (QED) is 0.804. The second-order valence-corrected chi connectivity index (χ2v) is 3.95. The average Bonchev–Trinajstić information content (AvgIpc) is 2.30. The van der Waals surface area contributed by atoms with Crippen LogP contribution >= 0.6 is 0 Å². The number of nitrogens with one attached hydrogen (secondary N) is 1. The minimum Gasteiger partial charge on any atom is -0.347 e. The van der Waals surface area contributed by atoms with Crippen LogP contribution in [0.15, 0.2) is 30.3 Å². The predicted octanol–water partition coefficient (Wildman–Crippen LogP) is 2.84. The molecule has 0 radical (unpaired) electrons. The van der Waals surface area contributed by atoms with Crippen molar-refractivity contribution < 1.29 is 4.79 Å². The zero-order valence-corrected chi connectivity index (χ0v) is 9.71. The first-order valence-corrected chi connectivity index (χ1v) is 5.49. The first kappa shape index (κ1) is 11.8. The average molecular weight is 205 g/mol. The maximum Gasteiger partial charge on any atom is 0.220 e. The van der Waals surface area contributed by atoms with E-state index in [9.17, 15) is 4.79 Å². The van der Waals surface area contributed by atoms with Crippen molar-refractivity contribution in [3.63, 3.8) is 0 Å². The van der Waals surface area contributed by atoms with Gasteiger partial charge in [0.05, 0.1) is 5.54 Å². The van der Waals surface area contributed by atoms with E-state index >= 15 is 0 Å². The smallest absolute Gasteiger partial charge is 0.220 e. The molecule has 1 aromatic carbocycles. The third kappa shape index (κ3) is 2.82. The zero-order valence-electron chi connectivity index (χ0n) is 9.71. The molecule has 0 spiro atoms. The van der Waals surface area contributed by atoms with E-state index in [2.05, 4.69) is 31.3 Å². The molecule has 82 valence electrons. The van der Waals surface area contributed by atoms with Crippen molar-refractivity contribution in [2.45, 2.75) is 39.2 Å². The van der Waals surface area contributed by atoms with Gasteiger partial charge in [0.25, 0.3) is 0 Å². The largest absolute Gasteiger partial charge is 0.347 e. The van der Waals surface area contributed by atoms with Crippen LogP contribution in [0.5, 0.6) is 0 Å². The number of carbonyl (C=O) groups excluding carboxylic acids is 1. The Bertz CT molecular complexity index is 321. The summed E-state index contributed by atoms with van der Waals surface area (Å²) < 4.78 is 0. The van der Waals surface area contributed by atoms with Crippen molar-refractivity contribution in [3.8, 4) is 0 Å². The van der Waals surface area contributed by atoms with Gasteiger partial charge in [-0.05, 0) is 18.9 Å². The lowest BCUT2D eigenvalue weighted by Gasteiger charge is -2.30. The van der Waals surface area contributed by atoms with E-state index in [4.69, 9.17) is 0 Å². The Morgan fingerprint density at radius 2 is 1.87 bits per heavy atom. The van der Waals surface area contributed by atoms with Crippen LogP contribution in [0.1, 0.15) is 39.2 Å². The Balaban J connectivity index is 2.90. The molecule has 15 heavy (non-hydrogen) atoms. The predicted molar refractivity (Wildman–Crippen MR) is 62.5 cm³/mol. The topological polar surface area (TPSA) is 29.1 Å². The molecule has 2 nitrogen and oxygen atoms in total. The molecule has 2 heteroatoms. The molecule has 0 heterocycles. The molecule has 0 fully saturated rings. The fourth-order valence-corrected chi connectivity index (χ4v) is 1.57. The van der Waals surface area contributed by atoms with Crippen molar-refractivity contribution in [1.82, 2.24) is 5.32 Å². The summed E-state index contributed by atoms with van der Waals surface area (Å²) >= 11 is 0. The Morgan fingerprint density at radius 1 is 1.27 bits per heavy atom. The van der Waals surface area contributed by atoms with E-state index in [1.165, 1.54) is 0 Å². The van der Waals surface area contributed by atoms with Crippen molar-refractivity contribution >= 4 is 5.91 Å². The zero-order chi connectivity index (χ0) is 11.3. The molecule has 0 saturated heterocycles. The summed E-state index contributed by atoms with van der Waals surface area (Å²) in [5.41, 5.74) is 0.920. The van der Waals surface area contributed by atoms with E-state index < -0.39 is 0 Å². The summed E-state index contributed by atoms with van der Waals surface area (Å²) in [6, 6.07) is 10.1. The van der Waals surface area contributed by atoms with E-state index in [1.54, 1.807) is 0 Å². The fraction of sp³-hybridized carbons (Fsp3) is 0.462. The van der Waals surface area contributed by atoms with Gasteiger partial charge in [0, 0.05) is 6.42 Å². The number of rotatable bonds is 4. The summed E-state index contributed by atoms with van der Waals surface area (Å²) in [6.45, 7) is 6.02. The number of hydrogen-bond acceptors (Lipinski definition) is 1. The molecule has 0 aromatic heterocycles. The van der Waals surface area contributed by atoms with E-state index in [0.717, 1.165) is 12.0 Å². The van der Waals surface area contributed by atoms with Crippen molar-refractivity contribution in [1.29, 1.82) is 0 Å². The maximum atomic E-state index is 11.4. The number of amides is 1. The third-order valence-electron chi connectivity index (χ3n) is 2.85. The minimum absolute atomic E-state index is 0.100. The highest BCUT2D eigenvalue weighted by atomic mass is 16.1. The maximum absolute atomic E-state index is 11.4. The molecule has 1 N–H and O–H groups in total. The molecule has 0 bridgehead atoms. The van der Waals surface area contributed by atoms with Gasteiger partial charge in [-0.3, -0.25) is 4.79 Å². The highest BCUT2D eigenvalue weighted by Crippen LogP contribution is 2.23. The van der Waals surface area contributed by atoms with Gasteiger partial charge in [-0.1, -0.05) is 44.2 Å². The molecule has 0 aliphatic heterocycles. The van der Waals surface area contributed by atoms with Crippen LogP contribution in [0.2, 0.25) is 0 Å². The summed E-state index contributed by atoms with van der Waals surface area (Å²) in [7, 11) is 0. The summed E-state index contributed by atoms with van der Waals surface area (Å²) in [5, 5.41) is 3.07. The van der Waals surface area contributed by atoms with Crippen LogP contribution in [0.4, 0.5) is 0 Å². The van der Waals surface area contributed by atoms with Crippen LogP contribution < -0.4 is 5.32 Å². The van der Waals surface area contributed by atoms with Gasteiger partial charge in [0.2, 0.25) is 5.91 Å². The summed E-state index contributed by atoms with van der Waals surface area (Å²) in [5.74, 6) is 0.100. The molecule has 1 aromatic rings. The van der Waals surface area contributed by atoms with Gasteiger partial charge >= 0.3 is 0 Å². The summed E-state index contributed by atoms with van der Waals surface area (Å²) in [6.07, 6.45) is 1.42. The number of benzene rings is 1. The Labute approximate surface area is 91.7 Å². The first-order valence-electron chi connectivity index (χ1n) is 5.49. The van der Waals surface area contributed by atoms with Crippen LogP contribution in [-0.2, 0) is 10.3 Å². The Hall–Kier alpha value is -1.31. The molecule has 1 unspecified atom stereocenters. The molecule has 0 aliphatic rings. The van der Waals surface area contributed by atoms with Crippen LogP contribution in [0, 0.1) is 0 Å². The normalized spacial score (nSPS) is 14.3. The highest BCUT2D eigenvalue weighted by Gasteiger charge is 2.25. The number of hydrogen-bond donors (Lipinski definition) is 1. The second kappa shape index (κ2) is 4.96. The van der Waals surface area contributed by atoms with Gasteiger partial charge in [0.1, 0.15) is 0 Å². The molecular formula is C13H19NO. The van der Waals surface area contributed by atoms with Gasteiger partial charge in [-0.2, -0.15) is 0 Å². The van der Waals surface area contributed by atoms with E-state index in [0.29, 0.717) is 6.42 Å². The standard InChI is InChI=1S/C13H19NO/c1-4-12(15)14-13(3,5-2)11-9-7-6-8-10-11/h6-10H,4-5H2,1-3H3,(H,14,15). The van der Waals surface area contributed by atoms with Gasteiger partial charge < -0.3 is 5.32 Å². The van der Waals surface area contributed by atoms with Crippen LogP contribution in [-0.4, -0.2) is 5.91 Å². The van der Waals surface area contributed by atoms with Crippen molar-refractivity contribution in [3.05, 3.63) is 35.9 Å². The lowest BCUT2D eigenvalue weighted by atomic mass is 9.89. The minimum atomic E-state index is -0.242. The van der Waals surface area contributed by atoms with Crippen LogP contribution in [0.3, 0.4) is 0 Å². The highest BCUT2D eigenvalue weighted by molar-refractivity contribution is 5.76. The van der Waals surface area contributed by atoms with Crippen molar-refractivity contribution in [2.24, 2.45) is 0 Å². The third-order valence-corrected chi connectivity index (χ3v) is 2.85. The molecule has 1 atom stereocenters. The second-order valence-electron chi connectivity index (χ2n) is 3.95. The van der Waals surface area contributed by atoms with E-state index in [1.807, 2.05) is 25.1 Å². The molecule has 0 saturated carbocycles. The molecule has 1 amide bonds. The fourth-order valence-electron chi connectivity index (χ4n) is 1.57. The monoisotopic (exact) mass is 205 g/mol. The van der Waals surface area contributed by atoms with E-state index in [-0.39, 0.29) is 11.4 Å². The molecule has 0 aliphatic carbocycles. The van der Waals surface area contributed by atoms with Gasteiger partial charge in [0.15, 0.2) is 0 Å². The molecule has 1 rings (SSSR count). The van der Waals surface area contributed by atoms with Gasteiger partial charge in [-0.25, -0.2) is 0 Å². The van der Waals surface area contributed by atoms with Crippen molar-refractivity contribution in [2.75, 3.05) is 0 Å². The van der Waals surface area contributed by atoms with Gasteiger partial charge in [-0.15, -0.1) is 0 Å². The lowest BCUT2D eigenvalue weighted by molar-refractivity contribution is -0.122. The van der Waals surface area contributed by atoms with Crippen LogP contribution in [0.25, 0.3) is 0 Å². The SMILES string of the molecule is CCC(=O)NC(C)(CC)c1ccccc1. The Kier molecular flexibility index (Phi) is 3.89. The lowest BCUT2D eigenvalue weighted by Crippen LogP contribution is -2.42. The first-order chi connectivity index (χ1) is 7.12. The Morgan fingerprint density at radius 3 is 2.33 bits per heavy atom.